The van der Waals surface area contributed by atoms with E-state index in [4.69, 9.17) is 41.5 Å². The van der Waals surface area contributed by atoms with Crippen molar-refractivity contribution in [2.75, 3.05) is 31.0 Å². The molecular weight excluding hydrogens is 859 g/mol. The summed E-state index contributed by atoms with van der Waals surface area (Å²) in [6, 6.07) is 7.99. The predicted octanol–water partition coefficient (Wildman–Crippen LogP) is 2.91. The van der Waals surface area contributed by atoms with Gasteiger partial charge in [0.05, 0.1) is 42.7 Å². The number of carboxylic acids is 1. The number of fused-ring (bicyclic) bond motifs is 2. The summed E-state index contributed by atoms with van der Waals surface area (Å²) >= 11 is 0. The molecule has 23 nitrogen and oxygen atoms in total. The third kappa shape index (κ3) is 10.6. The summed E-state index contributed by atoms with van der Waals surface area (Å²) in [5.41, 5.74) is 20.3. The first-order valence-corrected chi connectivity index (χ1v) is 20.9. The Morgan fingerprint density at radius 3 is 1.68 bits per heavy atom. The topological polar surface area (TPSA) is 324 Å². The number of imidazole rings is 2. The molecule has 4 amide bonds. The highest BCUT2D eigenvalue weighted by Crippen LogP contribution is 2.33. The molecule has 6 aromatic rings. The molecule has 0 unspecified atom stereocenters. The molecule has 0 bridgehead atoms. The van der Waals surface area contributed by atoms with E-state index < -0.39 is 41.6 Å². The summed E-state index contributed by atoms with van der Waals surface area (Å²) in [4.78, 5) is 84.8. The summed E-state index contributed by atoms with van der Waals surface area (Å²) < 4.78 is 23.5. The number of anilines is 2. The monoisotopic (exact) mass is 909 g/mol. The zero-order chi connectivity index (χ0) is 47.8. The first-order chi connectivity index (χ1) is 31.5. The van der Waals surface area contributed by atoms with Gasteiger partial charge in [0.15, 0.2) is 0 Å². The van der Waals surface area contributed by atoms with Crippen LogP contribution in [0.1, 0.15) is 86.2 Å². The van der Waals surface area contributed by atoms with Crippen LogP contribution in [0.3, 0.4) is 0 Å². The number of carbonyl (C=O) groups excluding carboxylic acids is 5. The molecule has 66 heavy (non-hydrogen) atoms. The number of benzene rings is 2. The Labute approximate surface area is 376 Å². The van der Waals surface area contributed by atoms with Gasteiger partial charge < -0.3 is 45.7 Å². The predicted molar refractivity (Wildman–Crippen MR) is 239 cm³/mol. The van der Waals surface area contributed by atoms with E-state index in [0.717, 1.165) is 0 Å². The molecule has 0 saturated carbocycles. The lowest BCUT2D eigenvalue weighted by Crippen LogP contribution is -2.30. The zero-order valence-electron chi connectivity index (χ0n) is 37.0. The fourth-order valence-corrected chi connectivity index (χ4v) is 7.08. The molecule has 23 heteroatoms. The zero-order valence-corrected chi connectivity index (χ0v) is 37.0. The Kier molecular flexibility index (Phi) is 14.8. The normalized spacial score (nSPS) is 11.8. The van der Waals surface area contributed by atoms with Crippen molar-refractivity contribution in [1.82, 2.24) is 38.7 Å². The van der Waals surface area contributed by atoms with Crippen LogP contribution in [0.15, 0.2) is 48.6 Å². The average Bonchev–Trinajstić information content (AvgIpc) is 4.05. The lowest BCUT2D eigenvalue weighted by Gasteiger charge is -2.13. The van der Waals surface area contributed by atoms with Gasteiger partial charge in [0.2, 0.25) is 23.7 Å². The van der Waals surface area contributed by atoms with Gasteiger partial charge in [-0.2, -0.15) is 10.2 Å². The quantitative estimate of drug-likeness (QED) is 0.0324. The Hall–Kier alpha value is -8.08. The number of carboxylic acid groups (broad SMARTS) is 1. The van der Waals surface area contributed by atoms with Crippen LogP contribution in [0, 0.1) is 13.8 Å². The molecule has 4 aromatic heterocycles. The first kappa shape index (κ1) is 47.4. The largest absolute Gasteiger partial charge is 0.494 e. The van der Waals surface area contributed by atoms with E-state index in [2.05, 4.69) is 25.8 Å². The Morgan fingerprint density at radius 2 is 1.23 bits per heavy atom. The second-order valence-electron chi connectivity index (χ2n) is 15.0. The van der Waals surface area contributed by atoms with Crippen molar-refractivity contribution in [3.8, 4) is 11.5 Å². The number of rotatable bonds is 22. The number of amides is 4. The summed E-state index contributed by atoms with van der Waals surface area (Å²) in [6.45, 7) is 8.21. The van der Waals surface area contributed by atoms with Crippen LogP contribution in [0.25, 0.3) is 22.1 Å². The van der Waals surface area contributed by atoms with E-state index >= 15 is 0 Å². The van der Waals surface area contributed by atoms with Crippen molar-refractivity contribution in [2.24, 2.45) is 17.2 Å². The number of aliphatic carboxylic acids is 1. The molecule has 0 fully saturated rings. The third-order valence-electron chi connectivity index (χ3n) is 10.3. The van der Waals surface area contributed by atoms with E-state index in [1.165, 1.54) is 31.4 Å². The van der Waals surface area contributed by atoms with Gasteiger partial charge in [0, 0.05) is 50.1 Å². The number of methoxy groups -OCH3 is 1. The number of aryl methyl sites for hydroxylation is 4. The SMILES string of the molecule is CCn1nc(C)cc1C(=O)Nc1nc2cc(C(N)=O)cc(OC)c2n1C/C=C/Cn1c(NC(=O)c2cc(C)nn2CC)nc2cc(C(N)=O)cc(OCCCOC(=O)CC[C@H](N)C(=O)O)c21. The molecular formula is C43H51N13O10. The molecule has 0 radical (unpaired) electrons. The number of nitrogens with two attached hydrogens (primary N) is 3. The molecule has 1 atom stereocenters. The van der Waals surface area contributed by atoms with E-state index in [0.29, 0.717) is 46.7 Å². The van der Waals surface area contributed by atoms with Gasteiger partial charge in [-0.15, -0.1) is 0 Å². The third-order valence-corrected chi connectivity index (χ3v) is 10.3. The standard InChI is InChI=1S/C43H51N13O10/c1-6-55-30(17-23(3)51-55)39(60)49-42-47-28-19-25(37(45)58)21-32(64-5)35(28)53(42)13-8-9-14-54-36-29(48-43(54)50-40(61)31-18-24(4)52-56(31)7-2)20-26(38(46)59)22-33(36)65-15-10-16-66-34(57)12-11-27(44)41(62)63/h8-9,17-22,27H,6-7,10-16,44H2,1-5H3,(H2,45,58)(H2,46,59)(H,62,63)(H,47,49,60)(H,48,50,61)/b9-8+/t27-/m0/s1. The number of hydrogen-bond donors (Lipinski definition) is 6. The van der Waals surface area contributed by atoms with Crippen LogP contribution in [-0.2, 0) is 40.5 Å². The van der Waals surface area contributed by atoms with E-state index in [9.17, 15) is 28.8 Å². The lowest BCUT2D eigenvalue weighted by atomic mass is 10.1. The second-order valence-corrected chi connectivity index (χ2v) is 15.0. The molecule has 0 aliphatic rings. The van der Waals surface area contributed by atoms with Crippen molar-refractivity contribution in [3.63, 3.8) is 0 Å². The average molecular weight is 910 g/mol. The minimum Gasteiger partial charge on any atom is -0.494 e. The molecule has 0 aliphatic heterocycles. The molecule has 348 valence electrons. The number of esters is 1. The molecule has 6 rings (SSSR count). The van der Waals surface area contributed by atoms with Crippen LogP contribution < -0.4 is 37.3 Å². The molecule has 0 aliphatic carbocycles. The van der Waals surface area contributed by atoms with Gasteiger partial charge >= 0.3 is 11.9 Å². The maximum Gasteiger partial charge on any atom is 0.320 e. The van der Waals surface area contributed by atoms with Crippen molar-refractivity contribution in [2.45, 2.75) is 79.2 Å². The molecule has 4 heterocycles. The van der Waals surface area contributed by atoms with Crippen molar-refractivity contribution >= 4 is 69.5 Å². The summed E-state index contributed by atoms with van der Waals surface area (Å²) in [5, 5.41) is 23.5. The highest BCUT2D eigenvalue weighted by atomic mass is 16.5. The molecule has 9 N–H and O–H groups in total. The van der Waals surface area contributed by atoms with Crippen LogP contribution in [0.2, 0.25) is 0 Å². The molecule has 0 saturated heterocycles. The first-order valence-electron chi connectivity index (χ1n) is 20.9. The molecule has 2 aromatic carbocycles. The smallest absolute Gasteiger partial charge is 0.320 e. The van der Waals surface area contributed by atoms with E-state index in [1.54, 1.807) is 56.6 Å². The highest BCUT2D eigenvalue weighted by Gasteiger charge is 2.24. The number of nitrogens with one attached hydrogen (secondary N) is 2. The molecule has 0 spiro atoms. The van der Waals surface area contributed by atoms with Gasteiger partial charge in [-0.05, 0) is 70.5 Å². The van der Waals surface area contributed by atoms with Gasteiger partial charge in [0.25, 0.3) is 11.8 Å². The summed E-state index contributed by atoms with van der Waals surface area (Å²) in [7, 11) is 1.43. The fourth-order valence-electron chi connectivity index (χ4n) is 7.08. The summed E-state index contributed by atoms with van der Waals surface area (Å²) in [6.07, 6.45) is 3.49. The number of carbonyl (C=O) groups is 6. The Balaban J connectivity index is 1.35. The van der Waals surface area contributed by atoms with Crippen LogP contribution in [0.5, 0.6) is 11.5 Å². The second kappa shape index (κ2) is 20.6. The Bertz CT molecular complexity index is 2870. The van der Waals surface area contributed by atoms with Crippen molar-refractivity contribution in [1.29, 1.82) is 0 Å². The lowest BCUT2D eigenvalue weighted by molar-refractivity contribution is -0.144. The van der Waals surface area contributed by atoms with Gasteiger partial charge in [-0.3, -0.25) is 48.8 Å². The van der Waals surface area contributed by atoms with Crippen LogP contribution >= 0.6 is 0 Å². The van der Waals surface area contributed by atoms with E-state index in [1.807, 2.05) is 13.8 Å². The number of hydrogen-bond acceptors (Lipinski definition) is 14. The van der Waals surface area contributed by atoms with Gasteiger partial charge in [-0.25, -0.2) is 9.97 Å². The Morgan fingerprint density at radius 1 is 0.742 bits per heavy atom. The fraction of sp³-hybridized carbons (Fsp3) is 0.349. The maximum absolute atomic E-state index is 13.8. The number of allylic oxidation sites excluding steroid dienone is 2. The van der Waals surface area contributed by atoms with Gasteiger partial charge in [-0.1, -0.05) is 12.2 Å². The number of ether oxygens (including phenoxy) is 3. The minimum absolute atomic E-state index is 0.00295. The van der Waals surface area contributed by atoms with E-state index in [-0.39, 0.29) is 91.3 Å². The highest BCUT2D eigenvalue weighted by molar-refractivity contribution is 6.05. The van der Waals surface area contributed by atoms with Crippen molar-refractivity contribution < 1.29 is 48.1 Å². The number of nitrogens with zero attached hydrogens (tertiary/aromatic N) is 8. The summed E-state index contributed by atoms with van der Waals surface area (Å²) in [5.74, 6) is -3.62. The van der Waals surface area contributed by atoms with Crippen LogP contribution in [-0.4, -0.2) is 106 Å². The number of primary amides is 2. The number of aromatic nitrogens is 8. The maximum atomic E-state index is 13.8. The van der Waals surface area contributed by atoms with Gasteiger partial charge in [0.1, 0.15) is 40.0 Å². The minimum atomic E-state index is -1.23. The van der Waals surface area contributed by atoms with Crippen LogP contribution in [0.4, 0.5) is 11.9 Å². The van der Waals surface area contributed by atoms with Crippen molar-refractivity contribution in [3.05, 3.63) is 82.5 Å².